The third kappa shape index (κ3) is 5.68. The van der Waals surface area contributed by atoms with Crippen molar-refractivity contribution in [3.8, 4) is 23.0 Å². The molecule has 5 rings (SSSR count). The van der Waals surface area contributed by atoms with Crippen LogP contribution in [0.25, 0.3) is 23.0 Å². The minimum absolute atomic E-state index is 0.0444. The van der Waals surface area contributed by atoms with Gasteiger partial charge in [0.2, 0.25) is 5.82 Å². The Morgan fingerprint density at radius 2 is 1.71 bits per heavy atom. The fourth-order valence-electron chi connectivity index (χ4n) is 4.02. The Labute approximate surface area is 222 Å². The Bertz CT molecular complexity index is 1660. The maximum absolute atomic E-state index is 12.8. The van der Waals surface area contributed by atoms with Gasteiger partial charge in [0.25, 0.3) is 15.9 Å². The third-order valence-electron chi connectivity index (χ3n) is 6.16. The standard InChI is InChI=1S/C29H29N5O3S/c1-20-6-5-7-22(16-20)27-31-28(37-32-27)26-18-34(19-30-26)17-21-8-12-24(13-9-21)33-38(35,36)25-14-10-23(11-15-25)29(2,3)4/h5-16,18-19,33H,17H2,1-4H3. The molecule has 0 bridgehead atoms. The first-order valence-corrected chi connectivity index (χ1v) is 13.7. The highest BCUT2D eigenvalue weighted by molar-refractivity contribution is 7.92. The van der Waals surface area contributed by atoms with Crippen molar-refractivity contribution < 1.29 is 12.9 Å². The molecule has 194 valence electrons. The molecule has 0 aliphatic heterocycles. The van der Waals surface area contributed by atoms with Crippen molar-refractivity contribution in [1.29, 1.82) is 0 Å². The molecule has 38 heavy (non-hydrogen) atoms. The third-order valence-corrected chi connectivity index (χ3v) is 7.55. The number of benzene rings is 3. The Morgan fingerprint density at radius 3 is 2.39 bits per heavy atom. The topological polar surface area (TPSA) is 103 Å². The van der Waals surface area contributed by atoms with Crippen LogP contribution in [0.5, 0.6) is 0 Å². The van der Waals surface area contributed by atoms with E-state index in [0.717, 1.165) is 22.3 Å². The zero-order valence-electron chi connectivity index (χ0n) is 21.7. The lowest BCUT2D eigenvalue weighted by Crippen LogP contribution is -2.15. The lowest BCUT2D eigenvalue weighted by atomic mass is 9.87. The molecule has 2 heterocycles. The van der Waals surface area contributed by atoms with Gasteiger partial charge in [-0.2, -0.15) is 4.98 Å². The van der Waals surface area contributed by atoms with E-state index in [1.54, 1.807) is 30.6 Å². The van der Waals surface area contributed by atoms with Gasteiger partial charge in [0, 0.05) is 24.0 Å². The fraction of sp³-hybridized carbons (Fsp3) is 0.207. The van der Waals surface area contributed by atoms with Gasteiger partial charge in [-0.25, -0.2) is 13.4 Å². The van der Waals surface area contributed by atoms with Crippen LogP contribution >= 0.6 is 0 Å². The molecule has 0 fully saturated rings. The largest absolute Gasteiger partial charge is 0.332 e. The quantitative estimate of drug-likeness (QED) is 0.276. The van der Waals surface area contributed by atoms with Crippen LogP contribution in [0.15, 0.2) is 94.7 Å². The average molecular weight is 528 g/mol. The molecular weight excluding hydrogens is 498 g/mol. The summed E-state index contributed by atoms with van der Waals surface area (Å²) >= 11 is 0. The van der Waals surface area contributed by atoms with Gasteiger partial charge in [0.05, 0.1) is 11.2 Å². The number of nitrogens with one attached hydrogen (secondary N) is 1. The molecule has 0 saturated heterocycles. The molecule has 2 aromatic heterocycles. The van der Waals surface area contributed by atoms with Crippen molar-refractivity contribution in [2.24, 2.45) is 0 Å². The van der Waals surface area contributed by atoms with Gasteiger partial charge in [-0.15, -0.1) is 0 Å². The first-order valence-electron chi connectivity index (χ1n) is 12.2. The lowest BCUT2D eigenvalue weighted by molar-refractivity contribution is 0.431. The molecule has 0 atom stereocenters. The second-order valence-electron chi connectivity index (χ2n) is 10.3. The highest BCUT2D eigenvalue weighted by Gasteiger charge is 2.18. The van der Waals surface area contributed by atoms with Crippen LogP contribution in [0.4, 0.5) is 5.69 Å². The second-order valence-corrected chi connectivity index (χ2v) is 12.0. The Balaban J connectivity index is 1.24. The van der Waals surface area contributed by atoms with Gasteiger partial charge >= 0.3 is 0 Å². The Morgan fingerprint density at radius 1 is 0.974 bits per heavy atom. The average Bonchev–Trinajstić information content (AvgIpc) is 3.55. The van der Waals surface area contributed by atoms with Crippen LogP contribution in [0.1, 0.15) is 37.5 Å². The van der Waals surface area contributed by atoms with Crippen molar-refractivity contribution in [3.05, 3.63) is 102 Å². The summed E-state index contributed by atoms with van der Waals surface area (Å²) in [7, 11) is -3.68. The van der Waals surface area contributed by atoms with Crippen LogP contribution in [-0.4, -0.2) is 28.1 Å². The van der Waals surface area contributed by atoms with E-state index < -0.39 is 10.0 Å². The van der Waals surface area contributed by atoms with Crippen LogP contribution in [0.2, 0.25) is 0 Å². The van der Waals surface area contributed by atoms with Crippen molar-refractivity contribution in [3.63, 3.8) is 0 Å². The highest BCUT2D eigenvalue weighted by Crippen LogP contribution is 2.25. The minimum atomic E-state index is -3.68. The molecule has 9 heteroatoms. The smallest absolute Gasteiger partial charge is 0.278 e. The van der Waals surface area contributed by atoms with Crippen molar-refractivity contribution in [1.82, 2.24) is 19.7 Å². The number of anilines is 1. The van der Waals surface area contributed by atoms with Crippen LogP contribution in [-0.2, 0) is 22.0 Å². The zero-order chi connectivity index (χ0) is 26.9. The molecule has 0 aliphatic carbocycles. The van der Waals surface area contributed by atoms with Gasteiger partial charge in [-0.3, -0.25) is 4.72 Å². The first-order chi connectivity index (χ1) is 18.1. The van der Waals surface area contributed by atoms with E-state index in [1.807, 2.05) is 66.2 Å². The number of imidazole rings is 1. The van der Waals surface area contributed by atoms with E-state index in [-0.39, 0.29) is 10.3 Å². The van der Waals surface area contributed by atoms with E-state index in [9.17, 15) is 8.42 Å². The predicted molar refractivity (Wildman–Crippen MR) is 147 cm³/mol. The summed E-state index contributed by atoms with van der Waals surface area (Å²) in [4.78, 5) is 9.11. The molecular formula is C29H29N5O3S. The van der Waals surface area contributed by atoms with E-state index in [1.165, 1.54) is 0 Å². The first kappa shape index (κ1) is 25.4. The molecule has 0 saturated carbocycles. The maximum atomic E-state index is 12.8. The Kier molecular flexibility index (Phi) is 6.62. The van der Waals surface area contributed by atoms with Crippen molar-refractivity contribution in [2.75, 3.05) is 4.72 Å². The summed E-state index contributed by atoms with van der Waals surface area (Å²) in [6, 6.07) is 22.2. The van der Waals surface area contributed by atoms with Crippen molar-refractivity contribution >= 4 is 15.7 Å². The van der Waals surface area contributed by atoms with Gasteiger partial charge in [-0.05, 0) is 53.8 Å². The normalized spacial score (nSPS) is 12.0. The summed E-state index contributed by atoms with van der Waals surface area (Å²) in [6.07, 6.45) is 3.54. The van der Waals surface area contributed by atoms with Crippen LogP contribution in [0.3, 0.4) is 0 Å². The molecule has 0 unspecified atom stereocenters. The maximum Gasteiger partial charge on any atom is 0.278 e. The van der Waals surface area contributed by atoms with E-state index in [0.29, 0.717) is 29.6 Å². The molecule has 0 spiro atoms. The van der Waals surface area contributed by atoms with Gasteiger partial charge < -0.3 is 9.09 Å². The SMILES string of the molecule is Cc1cccc(-c2noc(-c3cn(Cc4ccc(NS(=O)(=O)c5ccc(C(C)(C)C)cc5)cc4)cn3)n2)c1. The number of rotatable bonds is 7. The molecule has 5 aromatic rings. The molecule has 0 aliphatic rings. The molecule has 8 nitrogen and oxygen atoms in total. The van der Waals surface area contributed by atoms with Gasteiger partial charge in [0.1, 0.15) is 5.69 Å². The monoisotopic (exact) mass is 527 g/mol. The highest BCUT2D eigenvalue weighted by atomic mass is 32.2. The number of sulfonamides is 1. The van der Waals surface area contributed by atoms with Crippen molar-refractivity contribution in [2.45, 2.75) is 44.6 Å². The summed E-state index contributed by atoms with van der Waals surface area (Å²) < 4.78 is 35.7. The number of nitrogens with zero attached hydrogens (tertiary/aromatic N) is 4. The number of aryl methyl sites for hydroxylation is 1. The van der Waals surface area contributed by atoms with Crippen LogP contribution < -0.4 is 4.72 Å². The number of hydrogen-bond acceptors (Lipinski definition) is 6. The van der Waals surface area contributed by atoms with E-state index >= 15 is 0 Å². The second kappa shape index (κ2) is 9.90. The van der Waals surface area contributed by atoms with Gasteiger partial charge in [0.15, 0.2) is 0 Å². The van der Waals surface area contributed by atoms with E-state index in [4.69, 9.17) is 4.52 Å². The summed E-state index contributed by atoms with van der Waals surface area (Å²) in [5.41, 5.74) is 5.10. The fourth-order valence-corrected chi connectivity index (χ4v) is 5.08. The van der Waals surface area contributed by atoms with E-state index in [2.05, 4.69) is 40.6 Å². The molecule has 0 amide bonds. The minimum Gasteiger partial charge on any atom is -0.332 e. The van der Waals surface area contributed by atoms with Crippen LogP contribution in [0, 0.1) is 6.92 Å². The molecule has 1 N–H and O–H groups in total. The zero-order valence-corrected chi connectivity index (χ0v) is 22.5. The summed E-state index contributed by atoms with van der Waals surface area (Å²) in [6.45, 7) is 8.84. The lowest BCUT2D eigenvalue weighted by Gasteiger charge is -2.19. The number of aromatic nitrogens is 4. The summed E-state index contributed by atoms with van der Waals surface area (Å²) in [5, 5.41) is 4.08. The predicted octanol–water partition coefficient (Wildman–Crippen LogP) is 6.06. The molecule has 0 radical (unpaired) electrons. The summed E-state index contributed by atoms with van der Waals surface area (Å²) in [5.74, 6) is 0.863. The van der Waals surface area contributed by atoms with Gasteiger partial charge in [-0.1, -0.05) is 74.0 Å². The number of hydrogen-bond donors (Lipinski definition) is 1. The Hall–Kier alpha value is -4.24. The molecule has 3 aromatic carbocycles.